The lowest BCUT2D eigenvalue weighted by molar-refractivity contribution is 0.161. The maximum atomic E-state index is 5.89. The fourth-order valence-electron chi connectivity index (χ4n) is 4.28. The van der Waals surface area contributed by atoms with Crippen LogP contribution >= 0.6 is 0 Å². The van der Waals surface area contributed by atoms with Gasteiger partial charge in [-0.3, -0.25) is 4.40 Å². The lowest BCUT2D eigenvalue weighted by Gasteiger charge is -2.15. The fourth-order valence-corrected chi connectivity index (χ4v) is 4.28. The molecule has 1 aliphatic rings. The molecule has 0 saturated heterocycles. The molecule has 5 nitrogen and oxygen atoms in total. The zero-order valence-electron chi connectivity index (χ0n) is 18.8. The number of para-hydroxylation sites is 1. The van der Waals surface area contributed by atoms with Crippen LogP contribution in [0.2, 0.25) is 0 Å². The third-order valence-electron chi connectivity index (χ3n) is 5.93. The molecule has 1 aliphatic heterocycles. The van der Waals surface area contributed by atoms with E-state index in [0.29, 0.717) is 6.61 Å². The predicted octanol–water partition coefficient (Wildman–Crippen LogP) is 5.29. The first-order valence-corrected chi connectivity index (χ1v) is 11.2. The smallest absolute Gasteiger partial charge is 0.137 e. The minimum Gasteiger partial charge on any atom is -0.494 e. The summed E-state index contributed by atoms with van der Waals surface area (Å²) >= 11 is 0. The molecule has 0 fully saturated rings. The van der Waals surface area contributed by atoms with Crippen LogP contribution < -0.4 is 4.74 Å². The van der Waals surface area contributed by atoms with Gasteiger partial charge in [0, 0.05) is 18.3 Å². The third kappa shape index (κ3) is 4.27. The third-order valence-corrected chi connectivity index (χ3v) is 5.93. The Morgan fingerprint density at radius 3 is 2.66 bits per heavy atom. The van der Waals surface area contributed by atoms with Crippen LogP contribution in [0.4, 0.5) is 0 Å². The van der Waals surface area contributed by atoms with E-state index in [9.17, 15) is 0 Å². The average Bonchev–Trinajstić information content (AvgIpc) is 3.21. The zero-order valence-corrected chi connectivity index (χ0v) is 18.8. The molecule has 0 radical (unpaired) electrons. The molecule has 0 aliphatic carbocycles. The van der Waals surface area contributed by atoms with Gasteiger partial charge in [0.1, 0.15) is 11.4 Å². The van der Waals surface area contributed by atoms with Gasteiger partial charge in [-0.15, -0.1) is 0 Å². The summed E-state index contributed by atoms with van der Waals surface area (Å²) in [6, 6.07) is 19.0. The first-order chi connectivity index (χ1) is 15.7. The summed E-state index contributed by atoms with van der Waals surface area (Å²) in [5, 5.41) is 0. The first kappa shape index (κ1) is 20.7. The van der Waals surface area contributed by atoms with Gasteiger partial charge in [-0.25, -0.2) is 4.98 Å². The van der Waals surface area contributed by atoms with Gasteiger partial charge >= 0.3 is 0 Å². The zero-order chi connectivity index (χ0) is 21.9. The number of hydrogen-bond donors (Lipinski definition) is 0. The highest BCUT2D eigenvalue weighted by atomic mass is 16.5. The van der Waals surface area contributed by atoms with Crippen LogP contribution in [0.5, 0.6) is 5.75 Å². The molecule has 2 aromatic heterocycles. The van der Waals surface area contributed by atoms with Crippen molar-refractivity contribution in [3.05, 3.63) is 72.4 Å². The standard InChI is InChI=1S/C27H29N3O2/c1-29(2)15-4-16-32-23-10-7-20(8-11-23)22-9-12-26-28-25-6-3-5-24(27(25)30(26)19-22)21-13-17-31-18-14-21/h3,5-13,19H,4,14-18H2,1-2H3. The van der Waals surface area contributed by atoms with Crippen molar-refractivity contribution in [2.75, 3.05) is 40.5 Å². The summed E-state index contributed by atoms with van der Waals surface area (Å²) in [6.07, 6.45) is 6.34. The van der Waals surface area contributed by atoms with Gasteiger partial charge < -0.3 is 14.4 Å². The largest absolute Gasteiger partial charge is 0.494 e. The fraction of sp³-hybridized carbons (Fsp3) is 0.296. The Labute approximate surface area is 188 Å². The quantitative estimate of drug-likeness (QED) is 0.376. The number of hydrogen-bond acceptors (Lipinski definition) is 4. The van der Waals surface area contributed by atoms with Crippen LogP contribution in [0.3, 0.4) is 0 Å². The van der Waals surface area contributed by atoms with Crippen LogP contribution in [-0.4, -0.2) is 54.7 Å². The van der Waals surface area contributed by atoms with Gasteiger partial charge in [0.15, 0.2) is 0 Å². The lowest BCUT2D eigenvalue weighted by Crippen LogP contribution is -2.15. The van der Waals surface area contributed by atoms with E-state index >= 15 is 0 Å². The molecule has 0 bridgehead atoms. The molecule has 0 spiro atoms. The summed E-state index contributed by atoms with van der Waals surface area (Å²) < 4.78 is 13.6. The van der Waals surface area contributed by atoms with Crippen molar-refractivity contribution in [1.82, 2.24) is 14.3 Å². The molecule has 0 unspecified atom stereocenters. The van der Waals surface area contributed by atoms with E-state index in [2.05, 4.69) is 90.3 Å². The normalized spacial score (nSPS) is 14.3. The van der Waals surface area contributed by atoms with E-state index in [1.54, 1.807) is 0 Å². The van der Waals surface area contributed by atoms with Gasteiger partial charge in [-0.2, -0.15) is 0 Å². The summed E-state index contributed by atoms with van der Waals surface area (Å²) in [6.45, 7) is 3.21. The molecule has 2 aromatic carbocycles. The van der Waals surface area contributed by atoms with Gasteiger partial charge in [-0.1, -0.05) is 30.3 Å². The number of ether oxygens (including phenoxy) is 2. The molecular formula is C27H29N3O2. The van der Waals surface area contributed by atoms with Crippen molar-refractivity contribution in [2.45, 2.75) is 12.8 Å². The van der Waals surface area contributed by atoms with Crippen LogP contribution in [0.25, 0.3) is 33.4 Å². The molecule has 3 heterocycles. The second kappa shape index (κ2) is 9.15. The summed E-state index contributed by atoms with van der Waals surface area (Å²) in [5.74, 6) is 0.912. The van der Waals surface area contributed by atoms with E-state index in [4.69, 9.17) is 14.5 Å². The SMILES string of the molecule is CN(C)CCCOc1ccc(-c2ccc3nc4cccc(C5=CCOCC5)c4n3c2)cc1. The van der Waals surface area contributed by atoms with E-state index < -0.39 is 0 Å². The maximum Gasteiger partial charge on any atom is 0.137 e. The second-order valence-corrected chi connectivity index (χ2v) is 8.52. The van der Waals surface area contributed by atoms with Crippen molar-refractivity contribution >= 4 is 22.3 Å². The van der Waals surface area contributed by atoms with Crippen LogP contribution in [0.15, 0.2) is 66.9 Å². The first-order valence-electron chi connectivity index (χ1n) is 11.2. The average molecular weight is 428 g/mol. The van der Waals surface area contributed by atoms with E-state index in [1.807, 2.05) is 0 Å². The van der Waals surface area contributed by atoms with Gasteiger partial charge in [0.2, 0.25) is 0 Å². The van der Waals surface area contributed by atoms with E-state index in [1.165, 1.54) is 16.7 Å². The summed E-state index contributed by atoms with van der Waals surface area (Å²) in [5.41, 5.74) is 8.06. The van der Waals surface area contributed by atoms with Crippen molar-refractivity contribution in [1.29, 1.82) is 0 Å². The van der Waals surface area contributed by atoms with Crippen molar-refractivity contribution in [2.24, 2.45) is 0 Å². The number of imidazole rings is 1. The Kier molecular flexibility index (Phi) is 5.93. The molecular weight excluding hydrogens is 398 g/mol. The highest BCUT2D eigenvalue weighted by molar-refractivity contribution is 5.92. The minimum absolute atomic E-state index is 0.678. The Morgan fingerprint density at radius 2 is 1.88 bits per heavy atom. The number of fused-ring (bicyclic) bond motifs is 3. The topological polar surface area (TPSA) is 39.0 Å². The van der Waals surface area contributed by atoms with E-state index in [0.717, 1.165) is 60.6 Å². The summed E-state index contributed by atoms with van der Waals surface area (Å²) in [4.78, 5) is 7.03. The van der Waals surface area contributed by atoms with Crippen molar-refractivity contribution < 1.29 is 9.47 Å². The van der Waals surface area contributed by atoms with Gasteiger partial charge in [0.05, 0.1) is 30.9 Å². The Hall–Kier alpha value is -3.15. The van der Waals surface area contributed by atoms with Crippen LogP contribution in [0.1, 0.15) is 18.4 Å². The molecule has 0 N–H and O–H groups in total. The molecule has 32 heavy (non-hydrogen) atoms. The van der Waals surface area contributed by atoms with Gasteiger partial charge in [0.25, 0.3) is 0 Å². The molecule has 0 saturated carbocycles. The summed E-state index contributed by atoms with van der Waals surface area (Å²) in [7, 11) is 4.16. The Morgan fingerprint density at radius 1 is 1.03 bits per heavy atom. The second-order valence-electron chi connectivity index (χ2n) is 8.52. The Bertz CT molecular complexity index is 1260. The maximum absolute atomic E-state index is 5.89. The van der Waals surface area contributed by atoms with Crippen LogP contribution in [-0.2, 0) is 4.74 Å². The van der Waals surface area contributed by atoms with Crippen molar-refractivity contribution in [3.8, 4) is 16.9 Å². The molecule has 4 aromatic rings. The molecule has 0 atom stereocenters. The number of aromatic nitrogens is 2. The highest BCUT2D eigenvalue weighted by Crippen LogP contribution is 2.31. The number of nitrogens with zero attached hydrogens (tertiary/aromatic N) is 3. The van der Waals surface area contributed by atoms with Crippen LogP contribution in [0, 0.1) is 0 Å². The highest BCUT2D eigenvalue weighted by Gasteiger charge is 2.14. The monoisotopic (exact) mass is 427 g/mol. The molecule has 0 amide bonds. The Balaban J connectivity index is 1.45. The minimum atomic E-state index is 0.678. The predicted molar refractivity (Wildman–Crippen MR) is 130 cm³/mol. The number of benzene rings is 2. The van der Waals surface area contributed by atoms with E-state index in [-0.39, 0.29) is 0 Å². The van der Waals surface area contributed by atoms with Gasteiger partial charge in [-0.05, 0) is 74.0 Å². The lowest BCUT2D eigenvalue weighted by atomic mass is 10.00. The number of rotatable bonds is 7. The molecule has 164 valence electrons. The molecule has 5 heteroatoms. The van der Waals surface area contributed by atoms with Crippen molar-refractivity contribution in [3.63, 3.8) is 0 Å². The number of pyridine rings is 1. The molecule has 5 rings (SSSR count).